The van der Waals surface area contributed by atoms with Crippen molar-refractivity contribution in [2.24, 2.45) is 7.05 Å². The minimum absolute atomic E-state index is 0.128. The summed E-state index contributed by atoms with van der Waals surface area (Å²) in [5.74, 6) is 4.92. The third-order valence-electron chi connectivity index (χ3n) is 5.19. The molecule has 1 heterocycles. The van der Waals surface area contributed by atoms with E-state index >= 15 is 0 Å². The summed E-state index contributed by atoms with van der Waals surface area (Å²) in [6, 6.07) is 7.65. The van der Waals surface area contributed by atoms with Crippen LogP contribution in [0.4, 0.5) is 0 Å². The molecule has 1 aromatic heterocycles. The van der Waals surface area contributed by atoms with Crippen LogP contribution in [0, 0.1) is 18.8 Å². The number of carbonyl (C=O) groups excluding carboxylic acids is 1. The van der Waals surface area contributed by atoms with Crippen molar-refractivity contribution in [3.8, 4) is 11.8 Å². The third-order valence-corrected chi connectivity index (χ3v) is 5.19. The van der Waals surface area contributed by atoms with E-state index in [2.05, 4.69) is 11.8 Å². The lowest BCUT2D eigenvalue weighted by Gasteiger charge is -2.13. The number of benzene rings is 1. The fourth-order valence-corrected chi connectivity index (χ4v) is 3.42. The molecule has 0 aliphatic heterocycles. The van der Waals surface area contributed by atoms with E-state index in [1.807, 2.05) is 31.2 Å². The van der Waals surface area contributed by atoms with Gasteiger partial charge in [-0.1, -0.05) is 41.7 Å². The van der Waals surface area contributed by atoms with Crippen LogP contribution in [0.1, 0.15) is 41.7 Å². The summed E-state index contributed by atoms with van der Waals surface area (Å²) in [7, 11) is 1.61. The zero-order valence-electron chi connectivity index (χ0n) is 17.6. The highest BCUT2D eigenvalue weighted by atomic mass is 16.5. The van der Waals surface area contributed by atoms with E-state index < -0.39 is 18.2 Å². The first-order chi connectivity index (χ1) is 14.1. The van der Waals surface area contributed by atoms with Crippen LogP contribution in [-0.4, -0.2) is 33.0 Å². The van der Waals surface area contributed by atoms with Gasteiger partial charge in [-0.3, -0.25) is 4.79 Å². The maximum Gasteiger partial charge on any atom is 0.339 e. The fourth-order valence-electron chi connectivity index (χ4n) is 3.42. The average molecular weight is 407 g/mol. The zero-order valence-corrected chi connectivity index (χ0v) is 17.6. The molecule has 3 rings (SSSR count). The third kappa shape index (κ3) is 4.23. The number of fused-ring (bicyclic) bond motifs is 1. The van der Waals surface area contributed by atoms with Crippen molar-refractivity contribution < 1.29 is 19.7 Å². The summed E-state index contributed by atoms with van der Waals surface area (Å²) in [4.78, 5) is 25.6. The Kier molecular flexibility index (Phi) is 5.97. The number of aryl methyl sites for hydroxylation is 2. The van der Waals surface area contributed by atoms with E-state index in [0.717, 1.165) is 16.7 Å². The average Bonchev–Trinajstić information content (AvgIpc) is 3.06. The molecule has 1 aromatic carbocycles. The topological polar surface area (TPSA) is 88.8 Å². The first-order valence-corrected chi connectivity index (χ1v) is 9.65. The molecule has 2 N–H and O–H groups in total. The molecule has 1 aliphatic carbocycles. The molecule has 0 fully saturated rings. The molecule has 0 amide bonds. The second-order valence-corrected chi connectivity index (χ2v) is 7.83. The minimum atomic E-state index is -1.59. The molecule has 6 nitrogen and oxygen atoms in total. The van der Waals surface area contributed by atoms with E-state index in [0.29, 0.717) is 28.7 Å². The Bertz CT molecular complexity index is 1160. The summed E-state index contributed by atoms with van der Waals surface area (Å²) < 4.78 is 6.98. The minimum Gasteiger partial charge on any atom is -0.457 e. The van der Waals surface area contributed by atoms with Gasteiger partial charge in [0.2, 0.25) is 0 Å². The molecule has 0 saturated heterocycles. The van der Waals surface area contributed by atoms with Gasteiger partial charge in [0.05, 0.1) is 12.2 Å². The molecule has 1 atom stereocenters. The Morgan fingerprint density at radius 3 is 2.67 bits per heavy atom. The summed E-state index contributed by atoms with van der Waals surface area (Å²) >= 11 is 0. The SMILES string of the molecule is CC1=C(C(=O)OCc2ccccc2C)c2c(C#CC(C)(O)CO)cn(C)c(=O)c2C1. The van der Waals surface area contributed by atoms with Crippen LogP contribution in [0.2, 0.25) is 0 Å². The maximum atomic E-state index is 13.0. The fraction of sp³-hybridized carbons (Fsp3) is 0.333. The van der Waals surface area contributed by atoms with Crippen molar-refractivity contribution in [3.05, 3.63) is 74.2 Å². The first-order valence-electron chi connectivity index (χ1n) is 9.65. The van der Waals surface area contributed by atoms with E-state index in [9.17, 15) is 19.8 Å². The Labute approximate surface area is 175 Å². The Balaban J connectivity index is 2.01. The lowest BCUT2D eigenvalue weighted by Crippen LogP contribution is -2.26. The zero-order chi connectivity index (χ0) is 22.1. The number of hydrogen-bond acceptors (Lipinski definition) is 5. The number of aliphatic hydroxyl groups is 2. The van der Waals surface area contributed by atoms with Crippen LogP contribution in [-0.2, 0) is 29.6 Å². The van der Waals surface area contributed by atoms with E-state index in [1.165, 1.54) is 17.7 Å². The number of pyridine rings is 1. The van der Waals surface area contributed by atoms with E-state index in [-0.39, 0.29) is 12.2 Å². The molecular formula is C24H25NO5. The van der Waals surface area contributed by atoms with Gasteiger partial charge in [-0.25, -0.2) is 4.79 Å². The molecule has 0 spiro atoms. The number of aliphatic hydroxyl groups excluding tert-OH is 1. The van der Waals surface area contributed by atoms with Crippen molar-refractivity contribution in [1.82, 2.24) is 4.57 Å². The molecule has 6 heteroatoms. The standard InChI is InChI=1S/C24H25NO5/c1-15-7-5-6-8-18(15)13-30-23(28)20-16(2)11-19-21(20)17(12-25(4)22(19)27)9-10-24(3,29)14-26/h5-8,12,26,29H,11,13-14H2,1-4H3. The van der Waals surface area contributed by atoms with Gasteiger partial charge < -0.3 is 19.5 Å². The second-order valence-electron chi connectivity index (χ2n) is 7.83. The van der Waals surface area contributed by atoms with Crippen molar-refractivity contribution in [2.45, 2.75) is 39.4 Å². The van der Waals surface area contributed by atoms with Gasteiger partial charge in [-0.15, -0.1) is 0 Å². The molecule has 0 saturated carbocycles. The monoisotopic (exact) mass is 407 g/mol. The largest absolute Gasteiger partial charge is 0.457 e. The Morgan fingerprint density at radius 2 is 2.00 bits per heavy atom. The Hall–Kier alpha value is -3.14. The lowest BCUT2D eigenvalue weighted by atomic mass is 10.00. The van der Waals surface area contributed by atoms with E-state index in [1.54, 1.807) is 14.0 Å². The predicted molar refractivity (Wildman–Crippen MR) is 114 cm³/mol. The van der Waals surface area contributed by atoms with Crippen LogP contribution < -0.4 is 5.56 Å². The number of carbonyl (C=O) groups is 1. The van der Waals surface area contributed by atoms with Crippen molar-refractivity contribution in [2.75, 3.05) is 6.61 Å². The number of esters is 1. The van der Waals surface area contributed by atoms with Crippen molar-refractivity contribution >= 4 is 11.5 Å². The number of ether oxygens (including phenoxy) is 1. The summed E-state index contributed by atoms with van der Waals surface area (Å²) in [6.07, 6.45) is 1.87. The second kappa shape index (κ2) is 8.31. The van der Waals surface area contributed by atoms with Gasteiger partial charge >= 0.3 is 5.97 Å². The van der Waals surface area contributed by atoms with Gasteiger partial charge in [-0.2, -0.15) is 0 Å². The lowest BCUT2D eigenvalue weighted by molar-refractivity contribution is -0.137. The molecule has 30 heavy (non-hydrogen) atoms. The molecule has 0 bridgehead atoms. The Morgan fingerprint density at radius 1 is 1.30 bits per heavy atom. The quantitative estimate of drug-likeness (QED) is 0.597. The van der Waals surface area contributed by atoms with Crippen LogP contribution in [0.15, 0.2) is 40.8 Å². The number of hydrogen-bond donors (Lipinski definition) is 2. The number of aromatic nitrogens is 1. The van der Waals surface area contributed by atoms with Crippen LogP contribution >= 0.6 is 0 Å². The summed E-state index contributed by atoms with van der Waals surface area (Å²) in [6.45, 7) is 4.73. The van der Waals surface area contributed by atoms with E-state index in [4.69, 9.17) is 4.74 Å². The van der Waals surface area contributed by atoms with Gasteiger partial charge in [-0.05, 0) is 31.9 Å². The van der Waals surface area contributed by atoms with Gasteiger partial charge in [0.1, 0.15) is 12.2 Å². The highest BCUT2D eigenvalue weighted by Crippen LogP contribution is 2.34. The molecular weight excluding hydrogens is 382 g/mol. The number of rotatable bonds is 4. The molecule has 156 valence electrons. The maximum absolute atomic E-state index is 13.0. The van der Waals surface area contributed by atoms with Gasteiger partial charge in [0, 0.05) is 36.4 Å². The van der Waals surface area contributed by atoms with Crippen LogP contribution in [0.5, 0.6) is 0 Å². The van der Waals surface area contributed by atoms with Crippen molar-refractivity contribution in [1.29, 1.82) is 0 Å². The normalized spacial score (nSPS) is 14.6. The predicted octanol–water partition coefficient (Wildman–Crippen LogP) is 1.86. The smallest absolute Gasteiger partial charge is 0.339 e. The number of allylic oxidation sites excluding steroid dienone is 1. The van der Waals surface area contributed by atoms with Gasteiger partial charge in [0.15, 0.2) is 0 Å². The molecule has 1 aliphatic rings. The molecule has 2 aromatic rings. The highest BCUT2D eigenvalue weighted by Gasteiger charge is 2.31. The van der Waals surface area contributed by atoms with Crippen molar-refractivity contribution in [3.63, 3.8) is 0 Å². The highest BCUT2D eigenvalue weighted by molar-refractivity contribution is 6.19. The summed E-state index contributed by atoms with van der Waals surface area (Å²) in [5, 5.41) is 19.3. The first kappa shape index (κ1) is 21.6. The van der Waals surface area contributed by atoms with Crippen LogP contribution in [0.25, 0.3) is 5.57 Å². The number of nitrogens with zero attached hydrogens (tertiary/aromatic N) is 1. The molecule has 0 radical (unpaired) electrons. The van der Waals surface area contributed by atoms with Gasteiger partial charge in [0.25, 0.3) is 5.56 Å². The molecule has 1 unspecified atom stereocenters. The van der Waals surface area contributed by atoms with Crippen LogP contribution in [0.3, 0.4) is 0 Å². The summed E-state index contributed by atoms with van der Waals surface area (Å²) in [5.41, 5.74) is 2.57.